The van der Waals surface area contributed by atoms with Gasteiger partial charge in [0.2, 0.25) is 15.7 Å². The van der Waals surface area contributed by atoms with Crippen molar-refractivity contribution in [3.63, 3.8) is 0 Å². The van der Waals surface area contributed by atoms with Crippen molar-refractivity contribution in [2.45, 2.75) is 38.3 Å². The van der Waals surface area contributed by atoms with Gasteiger partial charge in [0.05, 0.1) is 27.7 Å². The van der Waals surface area contributed by atoms with Crippen molar-refractivity contribution in [3.05, 3.63) is 65.0 Å². The van der Waals surface area contributed by atoms with E-state index >= 15 is 0 Å². The number of nitrogens with zero attached hydrogens (tertiary/aromatic N) is 1. The average Bonchev–Trinajstić information content (AvgIpc) is 2.98. The van der Waals surface area contributed by atoms with Gasteiger partial charge in [0.25, 0.3) is 10.2 Å². The molecule has 0 radical (unpaired) electrons. The Balaban J connectivity index is 1.71. The lowest BCUT2D eigenvalue weighted by Crippen LogP contribution is -2.44. The summed E-state index contributed by atoms with van der Waals surface area (Å²) in [5, 5.41) is 8.64. The number of sulfone groups is 1. The first-order valence-electron chi connectivity index (χ1n) is 10.8. The van der Waals surface area contributed by atoms with Crippen LogP contribution in [0.3, 0.4) is 0 Å². The number of carbonyl (C=O) groups is 2. The van der Waals surface area contributed by atoms with Crippen LogP contribution >= 0.6 is 0 Å². The molecule has 0 bridgehead atoms. The maximum Gasteiger partial charge on any atom is 0.296 e. The summed E-state index contributed by atoms with van der Waals surface area (Å²) in [5.74, 6) is -2.86. The number of hydrogen-bond acceptors (Lipinski definition) is 7. The second-order valence-corrected chi connectivity index (χ2v) is 12.9. The highest BCUT2D eigenvalue weighted by Crippen LogP contribution is 2.41. The molecular formula is C23H25FN4O6S2. The fourth-order valence-electron chi connectivity index (χ4n) is 4.51. The highest BCUT2D eigenvalue weighted by molar-refractivity contribution is 7.94. The first kappa shape index (κ1) is 25.8. The minimum atomic E-state index is -4.15. The van der Waals surface area contributed by atoms with E-state index in [-0.39, 0.29) is 28.5 Å². The van der Waals surface area contributed by atoms with Crippen molar-refractivity contribution in [3.8, 4) is 0 Å². The lowest BCUT2D eigenvalue weighted by molar-refractivity contribution is -0.133. The van der Waals surface area contributed by atoms with E-state index in [9.17, 15) is 30.8 Å². The maximum atomic E-state index is 13.6. The highest BCUT2D eigenvalue weighted by atomic mass is 32.2. The highest BCUT2D eigenvalue weighted by Gasteiger charge is 2.53. The summed E-state index contributed by atoms with van der Waals surface area (Å²) in [7, 11) is -8.28. The molecular weight excluding hydrogens is 511 g/mol. The molecule has 2 heterocycles. The van der Waals surface area contributed by atoms with E-state index in [0.717, 1.165) is 11.5 Å². The molecule has 192 valence electrons. The molecule has 0 spiro atoms. The molecule has 1 fully saturated rings. The van der Waals surface area contributed by atoms with Crippen LogP contribution in [-0.2, 0) is 36.2 Å². The molecule has 1 saturated heterocycles. The maximum absolute atomic E-state index is 13.6. The van der Waals surface area contributed by atoms with Crippen LogP contribution in [0.2, 0.25) is 0 Å². The van der Waals surface area contributed by atoms with Crippen molar-refractivity contribution in [1.29, 1.82) is 0 Å². The summed E-state index contributed by atoms with van der Waals surface area (Å²) in [5.41, 5.74) is -0.129. The molecule has 1 unspecified atom stereocenters. The Bertz CT molecular complexity index is 1500. The second-order valence-electron chi connectivity index (χ2n) is 9.80. The molecule has 2 aromatic rings. The molecule has 2 aromatic carbocycles. The van der Waals surface area contributed by atoms with Gasteiger partial charge in [-0.25, -0.2) is 17.9 Å². The summed E-state index contributed by atoms with van der Waals surface area (Å²) in [6.45, 7) is 5.45. The van der Waals surface area contributed by atoms with E-state index in [0.29, 0.717) is 5.56 Å². The SMILES string of the molecule is CC(C)(C)[C@H]1C(=O)C(C2=CS(=O)(=O)c3cc(NS(N)(=O)=O)ccc3N2)C(=O)N1Cc1ccc(F)cc1. The molecule has 0 aromatic heterocycles. The van der Waals surface area contributed by atoms with Gasteiger partial charge in [-0.05, 0) is 41.3 Å². The van der Waals surface area contributed by atoms with E-state index in [4.69, 9.17) is 5.14 Å². The Morgan fingerprint density at radius 1 is 1.11 bits per heavy atom. The van der Waals surface area contributed by atoms with Crippen LogP contribution in [0.4, 0.5) is 15.8 Å². The zero-order chi connectivity index (χ0) is 26.6. The van der Waals surface area contributed by atoms with Crippen molar-refractivity contribution < 1.29 is 30.8 Å². The van der Waals surface area contributed by atoms with Gasteiger partial charge in [-0.15, -0.1) is 0 Å². The zero-order valence-electron chi connectivity index (χ0n) is 19.6. The smallest absolute Gasteiger partial charge is 0.296 e. The minimum absolute atomic E-state index is 0.0441. The number of anilines is 2. The number of nitrogens with one attached hydrogen (secondary N) is 2. The first-order chi connectivity index (χ1) is 16.6. The van der Waals surface area contributed by atoms with E-state index in [1.165, 1.54) is 41.3 Å². The van der Waals surface area contributed by atoms with Crippen molar-refractivity contribution in [1.82, 2.24) is 4.90 Å². The molecule has 2 atom stereocenters. The van der Waals surface area contributed by atoms with Gasteiger partial charge < -0.3 is 10.2 Å². The molecule has 4 rings (SSSR count). The normalized spacial score (nSPS) is 21.6. The third kappa shape index (κ3) is 4.99. The fourth-order valence-corrected chi connectivity index (χ4v) is 6.34. The number of hydrogen-bond donors (Lipinski definition) is 3. The number of rotatable bonds is 5. The Morgan fingerprint density at radius 3 is 2.33 bits per heavy atom. The van der Waals surface area contributed by atoms with Crippen LogP contribution in [0.1, 0.15) is 26.3 Å². The third-order valence-electron chi connectivity index (χ3n) is 5.90. The number of halogens is 1. The lowest BCUT2D eigenvalue weighted by atomic mass is 9.82. The first-order valence-corrected chi connectivity index (χ1v) is 13.9. The molecule has 13 heteroatoms. The third-order valence-corrected chi connectivity index (χ3v) is 7.94. The van der Waals surface area contributed by atoms with E-state index in [2.05, 4.69) is 5.32 Å². The van der Waals surface area contributed by atoms with E-state index in [1.54, 1.807) is 20.8 Å². The number of ketones is 1. The zero-order valence-corrected chi connectivity index (χ0v) is 21.3. The van der Waals surface area contributed by atoms with E-state index < -0.39 is 54.9 Å². The van der Waals surface area contributed by atoms with E-state index in [1.807, 2.05) is 4.72 Å². The van der Waals surface area contributed by atoms with Crippen LogP contribution in [0.15, 0.2) is 58.5 Å². The number of Topliss-reactive ketones (excluding diaryl/α,β-unsaturated/α-hetero) is 1. The fraction of sp³-hybridized carbons (Fsp3) is 0.304. The van der Waals surface area contributed by atoms with Crippen LogP contribution in [0, 0.1) is 17.2 Å². The van der Waals surface area contributed by atoms with Gasteiger partial charge in [-0.2, -0.15) is 8.42 Å². The molecule has 4 N–H and O–H groups in total. The van der Waals surface area contributed by atoms with Crippen LogP contribution < -0.4 is 15.2 Å². The summed E-state index contributed by atoms with van der Waals surface area (Å²) in [6, 6.07) is 8.41. The van der Waals surface area contributed by atoms with Crippen molar-refractivity contribution in [2.75, 3.05) is 10.0 Å². The molecule has 1 amide bonds. The second kappa shape index (κ2) is 8.68. The predicted molar refractivity (Wildman–Crippen MR) is 131 cm³/mol. The number of nitrogens with two attached hydrogens (primary N) is 1. The standard InChI is InChI=1S/C23H25FN4O6S2/c1-23(2,3)21-20(29)19(22(30)28(21)11-13-4-6-14(24)7-5-13)17-12-35(31,32)18-10-15(27-36(25,33)34)8-9-16(18)26-17/h4-10,12,19,21,26-27H,11H2,1-3H3,(H2,25,33,34)/t19?,21-/m1/s1. The number of benzene rings is 2. The number of amides is 1. The molecule has 0 saturated carbocycles. The lowest BCUT2D eigenvalue weighted by Gasteiger charge is -2.33. The summed E-state index contributed by atoms with van der Waals surface area (Å²) in [6.07, 6.45) is 0. The molecule has 2 aliphatic rings. The Kier molecular flexibility index (Phi) is 6.22. The van der Waals surface area contributed by atoms with Gasteiger partial charge in [0, 0.05) is 12.2 Å². The van der Waals surface area contributed by atoms with Gasteiger partial charge >= 0.3 is 0 Å². The van der Waals surface area contributed by atoms with Crippen LogP contribution in [0.5, 0.6) is 0 Å². The number of likely N-dealkylation sites (tertiary alicyclic amines) is 1. The minimum Gasteiger partial charge on any atom is -0.356 e. The van der Waals surface area contributed by atoms with Gasteiger partial charge in [-0.1, -0.05) is 32.9 Å². The predicted octanol–water partition coefficient (Wildman–Crippen LogP) is 2.12. The summed E-state index contributed by atoms with van der Waals surface area (Å²) < 4.78 is 64.1. The molecule has 36 heavy (non-hydrogen) atoms. The largest absolute Gasteiger partial charge is 0.356 e. The van der Waals surface area contributed by atoms with Crippen molar-refractivity contribution in [2.24, 2.45) is 16.5 Å². The van der Waals surface area contributed by atoms with Crippen LogP contribution in [-0.4, -0.2) is 39.5 Å². The Morgan fingerprint density at radius 2 is 1.75 bits per heavy atom. The Labute approximate surface area is 208 Å². The van der Waals surface area contributed by atoms with Crippen molar-refractivity contribution >= 4 is 43.1 Å². The van der Waals surface area contributed by atoms with Gasteiger partial charge in [0.1, 0.15) is 11.7 Å². The number of fused-ring (bicyclic) bond motifs is 1. The van der Waals surface area contributed by atoms with Gasteiger partial charge in [0.15, 0.2) is 5.78 Å². The summed E-state index contributed by atoms with van der Waals surface area (Å²) >= 11 is 0. The molecule has 0 aliphatic carbocycles. The molecule has 2 aliphatic heterocycles. The monoisotopic (exact) mass is 536 g/mol. The number of carbonyl (C=O) groups excluding carboxylic acids is 2. The quantitative estimate of drug-likeness (QED) is 0.494. The van der Waals surface area contributed by atoms with Crippen LogP contribution in [0.25, 0.3) is 0 Å². The topological polar surface area (TPSA) is 156 Å². The molecule has 10 nitrogen and oxygen atoms in total. The Hall–Kier alpha value is -3.29. The average molecular weight is 537 g/mol. The summed E-state index contributed by atoms with van der Waals surface area (Å²) in [4.78, 5) is 28.3. The van der Waals surface area contributed by atoms with Gasteiger partial charge in [-0.3, -0.25) is 14.3 Å².